The summed E-state index contributed by atoms with van der Waals surface area (Å²) in [5.41, 5.74) is 0. The lowest BCUT2D eigenvalue weighted by molar-refractivity contribution is 0.0958. The molecule has 0 radical (unpaired) electrons. The fourth-order valence-corrected chi connectivity index (χ4v) is 3.15. The molecule has 3 aromatic rings. The average Bonchev–Trinajstić information content (AvgIpc) is 3.13. The van der Waals surface area contributed by atoms with E-state index in [-0.39, 0.29) is 5.91 Å². The van der Waals surface area contributed by atoms with Gasteiger partial charge in [-0.3, -0.25) is 4.79 Å². The second kappa shape index (κ2) is 6.23. The van der Waals surface area contributed by atoms with E-state index >= 15 is 0 Å². The fourth-order valence-electron chi connectivity index (χ4n) is 2.24. The molecular formula is C15H17N5OS. The van der Waals surface area contributed by atoms with Crippen LogP contribution >= 0.6 is 11.3 Å². The van der Waals surface area contributed by atoms with E-state index in [0.717, 1.165) is 16.0 Å². The topological polar surface area (TPSA) is 72.7 Å². The minimum Gasteiger partial charge on any atom is -0.351 e. The lowest BCUT2D eigenvalue weighted by Crippen LogP contribution is -2.25. The number of nitrogens with one attached hydrogen (secondary N) is 1. The number of nitrogens with zero attached hydrogens (tertiary/aromatic N) is 4. The van der Waals surface area contributed by atoms with Crippen molar-refractivity contribution in [3.05, 3.63) is 41.4 Å². The van der Waals surface area contributed by atoms with E-state index < -0.39 is 0 Å². The molecule has 22 heavy (non-hydrogen) atoms. The van der Waals surface area contributed by atoms with Gasteiger partial charge in [-0.05, 0) is 26.0 Å². The molecule has 0 bridgehead atoms. The third-order valence-corrected chi connectivity index (χ3v) is 4.41. The molecule has 1 amide bonds. The molecule has 3 aromatic heterocycles. The molecule has 0 fully saturated rings. The number of aromatic nitrogens is 4. The van der Waals surface area contributed by atoms with Gasteiger partial charge in [0, 0.05) is 30.6 Å². The molecular weight excluding hydrogens is 298 g/mol. The molecule has 0 aliphatic rings. The van der Waals surface area contributed by atoms with Gasteiger partial charge < -0.3 is 9.88 Å². The Labute approximate surface area is 132 Å². The van der Waals surface area contributed by atoms with Crippen molar-refractivity contribution in [2.45, 2.75) is 26.3 Å². The van der Waals surface area contributed by atoms with Crippen molar-refractivity contribution in [3.63, 3.8) is 0 Å². The van der Waals surface area contributed by atoms with E-state index in [2.05, 4.69) is 34.3 Å². The van der Waals surface area contributed by atoms with E-state index in [1.54, 1.807) is 12.5 Å². The second-order valence-corrected chi connectivity index (χ2v) is 6.29. The number of rotatable bonds is 5. The lowest BCUT2D eigenvalue weighted by Gasteiger charge is -2.10. The summed E-state index contributed by atoms with van der Waals surface area (Å²) in [6.07, 6.45) is 4.12. The molecule has 0 saturated carbocycles. The summed E-state index contributed by atoms with van der Waals surface area (Å²) >= 11 is 1.41. The zero-order chi connectivity index (χ0) is 15.5. The number of hydrogen-bond donors (Lipinski definition) is 1. The molecule has 114 valence electrons. The van der Waals surface area contributed by atoms with Crippen LogP contribution in [0.3, 0.4) is 0 Å². The van der Waals surface area contributed by atoms with Crippen LogP contribution in [0.15, 0.2) is 30.7 Å². The van der Waals surface area contributed by atoms with Gasteiger partial charge in [0.05, 0.1) is 4.88 Å². The van der Waals surface area contributed by atoms with Crippen LogP contribution in [0.1, 0.15) is 35.4 Å². The highest BCUT2D eigenvalue weighted by atomic mass is 32.1. The molecule has 0 atom stereocenters. The van der Waals surface area contributed by atoms with E-state index in [1.165, 1.54) is 11.3 Å². The molecule has 0 aliphatic heterocycles. The molecule has 0 saturated heterocycles. The summed E-state index contributed by atoms with van der Waals surface area (Å²) in [6.45, 7) is 4.69. The zero-order valence-corrected chi connectivity index (χ0v) is 13.3. The molecule has 0 unspecified atom stereocenters. The van der Waals surface area contributed by atoms with Crippen molar-refractivity contribution in [2.75, 3.05) is 6.54 Å². The Hall–Kier alpha value is -2.28. The lowest BCUT2D eigenvalue weighted by atomic mass is 10.3. The molecule has 3 heterocycles. The Morgan fingerprint density at radius 3 is 3.09 bits per heavy atom. The maximum absolute atomic E-state index is 12.2. The highest BCUT2D eigenvalue weighted by molar-refractivity contribution is 7.20. The van der Waals surface area contributed by atoms with Crippen LogP contribution in [0.25, 0.3) is 10.2 Å². The monoisotopic (exact) mass is 315 g/mol. The van der Waals surface area contributed by atoms with E-state index in [0.29, 0.717) is 23.9 Å². The summed E-state index contributed by atoms with van der Waals surface area (Å²) in [7, 11) is 0. The minimum absolute atomic E-state index is 0.0707. The Balaban J connectivity index is 1.61. The number of amides is 1. The number of thiophene rings is 1. The highest BCUT2D eigenvalue weighted by Crippen LogP contribution is 2.22. The summed E-state index contributed by atoms with van der Waals surface area (Å²) in [4.78, 5) is 18.0. The van der Waals surface area contributed by atoms with Crippen molar-refractivity contribution >= 4 is 27.5 Å². The van der Waals surface area contributed by atoms with Crippen molar-refractivity contribution in [1.82, 2.24) is 25.1 Å². The van der Waals surface area contributed by atoms with Crippen LogP contribution in [0.5, 0.6) is 0 Å². The van der Waals surface area contributed by atoms with Gasteiger partial charge >= 0.3 is 0 Å². The Morgan fingerprint density at radius 2 is 2.32 bits per heavy atom. The van der Waals surface area contributed by atoms with Gasteiger partial charge in [0.2, 0.25) is 0 Å². The third kappa shape index (κ3) is 2.99. The van der Waals surface area contributed by atoms with Crippen molar-refractivity contribution in [1.29, 1.82) is 0 Å². The normalized spacial score (nSPS) is 11.2. The van der Waals surface area contributed by atoms with Gasteiger partial charge in [-0.2, -0.15) is 0 Å². The fraction of sp³-hybridized carbons (Fsp3) is 0.333. The van der Waals surface area contributed by atoms with Gasteiger partial charge in [-0.15, -0.1) is 21.5 Å². The summed E-state index contributed by atoms with van der Waals surface area (Å²) in [5.74, 6) is 0.812. The highest BCUT2D eigenvalue weighted by Gasteiger charge is 2.11. The molecule has 3 rings (SSSR count). The van der Waals surface area contributed by atoms with Crippen LogP contribution in [-0.2, 0) is 6.42 Å². The van der Waals surface area contributed by atoms with Crippen molar-refractivity contribution in [3.8, 4) is 0 Å². The van der Waals surface area contributed by atoms with Crippen molar-refractivity contribution in [2.24, 2.45) is 0 Å². The Bertz CT molecular complexity index is 759. The van der Waals surface area contributed by atoms with Gasteiger partial charge in [-0.1, -0.05) is 6.07 Å². The molecule has 1 N–H and O–H groups in total. The maximum Gasteiger partial charge on any atom is 0.261 e. The predicted octanol–water partition coefficient (Wildman–Crippen LogP) is 2.44. The van der Waals surface area contributed by atoms with Crippen LogP contribution in [0.4, 0.5) is 0 Å². The van der Waals surface area contributed by atoms with E-state index in [1.807, 2.05) is 22.8 Å². The van der Waals surface area contributed by atoms with Gasteiger partial charge in [0.1, 0.15) is 17.0 Å². The largest absolute Gasteiger partial charge is 0.351 e. The second-order valence-electron chi connectivity index (χ2n) is 5.26. The predicted molar refractivity (Wildman–Crippen MR) is 86.1 cm³/mol. The summed E-state index contributed by atoms with van der Waals surface area (Å²) in [6, 6.07) is 6.02. The minimum atomic E-state index is -0.0707. The molecule has 6 nitrogen and oxygen atoms in total. The molecule has 0 aliphatic carbocycles. The van der Waals surface area contributed by atoms with E-state index in [4.69, 9.17) is 0 Å². The van der Waals surface area contributed by atoms with Gasteiger partial charge in [-0.25, -0.2) is 4.98 Å². The van der Waals surface area contributed by atoms with Gasteiger partial charge in [0.15, 0.2) is 0 Å². The third-order valence-electron chi connectivity index (χ3n) is 3.36. The first-order valence-corrected chi connectivity index (χ1v) is 7.98. The molecule has 7 heteroatoms. The first kappa shape index (κ1) is 14.6. The van der Waals surface area contributed by atoms with Crippen LogP contribution in [-0.4, -0.2) is 32.2 Å². The van der Waals surface area contributed by atoms with Crippen LogP contribution < -0.4 is 5.32 Å². The maximum atomic E-state index is 12.2. The summed E-state index contributed by atoms with van der Waals surface area (Å²) < 4.78 is 2.01. The zero-order valence-electron chi connectivity index (χ0n) is 12.5. The number of fused-ring (bicyclic) bond motifs is 1. The quantitative estimate of drug-likeness (QED) is 0.785. The average molecular weight is 315 g/mol. The van der Waals surface area contributed by atoms with Crippen molar-refractivity contribution < 1.29 is 4.79 Å². The first-order valence-electron chi connectivity index (χ1n) is 7.16. The molecule has 0 spiro atoms. The Morgan fingerprint density at radius 1 is 1.45 bits per heavy atom. The molecule has 0 aromatic carbocycles. The number of hydrogen-bond acceptors (Lipinski definition) is 5. The van der Waals surface area contributed by atoms with Crippen LogP contribution in [0.2, 0.25) is 0 Å². The first-order chi connectivity index (χ1) is 10.6. The SMILES string of the molecule is CC(C)n1cnnc1CCNC(=O)c1cc2cccnc2s1. The Kier molecular flexibility index (Phi) is 4.15. The standard InChI is InChI=1S/C15H17N5OS/c1-10(2)20-9-18-19-13(20)5-7-16-14(21)12-8-11-4-3-6-17-15(11)22-12/h3-4,6,8-10H,5,7H2,1-2H3,(H,16,21). The number of carbonyl (C=O) groups is 1. The smallest absolute Gasteiger partial charge is 0.261 e. The number of pyridine rings is 1. The number of carbonyl (C=O) groups excluding carboxylic acids is 1. The van der Waals surface area contributed by atoms with Gasteiger partial charge in [0.25, 0.3) is 5.91 Å². The van der Waals surface area contributed by atoms with Crippen LogP contribution in [0, 0.1) is 0 Å². The van der Waals surface area contributed by atoms with E-state index in [9.17, 15) is 4.79 Å². The summed E-state index contributed by atoms with van der Waals surface area (Å²) in [5, 5.41) is 11.9.